The van der Waals surface area contributed by atoms with E-state index in [1.54, 1.807) is 13.8 Å². The maximum Gasteiger partial charge on any atom is 0.126 e. The number of aliphatic hydroxyl groups excluding tert-OH is 1. The summed E-state index contributed by atoms with van der Waals surface area (Å²) in [4.78, 5) is 0. The number of aliphatic hydroxyl groups is 1. The van der Waals surface area contributed by atoms with Crippen molar-refractivity contribution in [3.8, 4) is 0 Å². The van der Waals surface area contributed by atoms with E-state index >= 15 is 0 Å². The molecule has 0 amide bonds. The Labute approximate surface area is 110 Å². The highest BCUT2D eigenvalue weighted by Crippen LogP contribution is 2.29. The van der Waals surface area contributed by atoms with E-state index in [4.69, 9.17) is 4.42 Å². The molecule has 0 aliphatic rings. The van der Waals surface area contributed by atoms with E-state index in [1.807, 2.05) is 6.92 Å². The van der Waals surface area contributed by atoms with Crippen LogP contribution in [0.25, 0.3) is 0 Å². The zero-order valence-corrected chi connectivity index (χ0v) is 11.1. The van der Waals surface area contributed by atoms with Crippen molar-refractivity contribution in [3.05, 3.63) is 58.0 Å². The summed E-state index contributed by atoms with van der Waals surface area (Å²) < 4.78 is 32.1. The van der Waals surface area contributed by atoms with E-state index in [9.17, 15) is 13.9 Å². The lowest BCUT2D eigenvalue weighted by Crippen LogP contribution is -2.06. The standard InChI is InChI=1S/C15H16F2O2/c1-8-9(2)19-10(3)15(8)14(18)7-11-6-12(16)4-5-13(11)17/h4-6,14,18H,7H2,1-3H3. The number of hydrogen-bond acceptors (Lipinski definition) is 2. The molecule has 0 fully saturated rings. The second-order valence-electron chi connectivity index (χ2n) is 4.71. The molecule has 1 aromatic heterocycles. The molecule has 1 N–H and O–H groups in total. The van der Waals surface area contributed by atoms with Crippen LogP contribution in [0.4, 0.5) is 8.78 Å². The van der Waals surface area contributed by atoms with Gasteiger partial charge in [-0.15, -0.1) is 0 Å². The predicted molar refractivity (Wildman–Crippen MR) is 67.9 cm³/mol. The summed E-state index contributed by atoms with van der Waals surface area (Å²) in [5, 5.41) is 10.2. The van der Waals surface area contributed by atoms with Crippen LogP contribution in [0.3, 0.4) is 0 Å². The van der Waals surface area contributed by atoms with Crippen LogP contribution in [0, 0.1) is 32.4 Å². The van der Waals surface area contributed by atoms with Gasteiger partial charge in [-0.05, 0) is 50.1 Å². The minimum Gasteiger partial charge on any atom is -0.466 e. The van der Waals surface area contributed by atoms with Crippen molar-refractivity contribution in [1.29, 1.82) is 0 Å². The smallest absolute Gasteiger partial charge is 0.126 e. The number of benzene rings is 1. The summed E-state index contributed by atoms with van der Waals surface area (Å²) >= 11 is 0. The summed E-state index contributed by atoms with van der Waals surface area (Å²) in [6.45, 7) is 5.40. The van der Waals surface area contributed by atoms with Gasteiger partial charge in [0.05, 0.1) is 6.10 Å². The fraction of sp³-hybridized carbons (Fsp3) is 0.333. The molecule has 1 heterocycles. The van der Waals surface area contributed by atoms with Gasteiger partial charge in [0.2, 0.25) is 0 Å². The van der Waals surface area contributed by atoms with Crippen LogP contribution in [-0.4, -0.2) is 5.11 Å². The van der Waals surface area contributed by atoms with Crippen molar-refractivity contribution in [2.75, 3.05) is 0 Å². The first-order valence-electron chi connectivity index (χ1n) is 6.08. The molecule has 102 valence electrons. The zero-order valence-electron chi connectivity index (χ0n) is 11.1. The average Bonchev–Trinajstić information content (AvgIpc) is 2.58. The normalized spacial score (nSPS) is 12.7. The molecule has 2 nitrogen and oxygen atoms in total. The molecule has 4 heteroatoms. The van der Waals surface area contributed by atoms with Crippen molar-refractivity contribution in [1.82, 2.24) is 0 Å². The molecule has 0 bridgehead atoms. The lowest BCUT2D eigenvalue weighted by Gasteiger charge is -2.12. The van der Waals surface area contributed by atoms with E-state index < -0.39 is 17.7 Å². The van der Waals surface area contributed by atoms with E-state index in [0.29, 0.717) is 11.3 Å². The molecule has 2 aromatic rings. The van der Waals surface area contributed by atoms with Crippen LogP contribution in [0.15, 0.2) is 22.6 Å². The van der Waals surface area contributed by atoms with Crippen molar-refractivity contribution in [2.45, 2.75) is 33.3 Å². The van der Waals surface area contributed by atoms with Crippen molar-refractivity contribution in [2.24, 2.45) is 0 Å². The Balaban J connectivity index is 2.30. The third-order valence-electron chi connectivity index (χ3n) is 3.37. The lowest BCUT2D eigenvalue weighted by molar-refractivity contribution is 0.174. The average molecular weight is 266 g/mol. The van der Waals surface area contributed by atoms with E-state index in [2.05, 4.69) is 0 Å². The van der Waals surface area contributed by atoms with Gasteiger partial charge in [-0.25, -0.2) is 8.78 Å². The van der Waals surface area contributed by atoms with Crippen molar-refractivity contribution < 1.29 is 18.3 Å². The molecule has 0 spiro atoms. The first-order chi connectivity index (χ1) is 8.90. The topological polar surface area (TPSA) is 33.4 Å². The SMILES string of the molecule is Cc1oc(C)c(C(O)Cc2cc(F)ccc2F)c1C. The molecular weight excluding hydrogens is 250 g/mol. The van der Waals surface area contributed by atoms with Gasteiger partial charge in [-0.2, -0.15) is 0 Å². The predicted octanol–water partition coefficient (Wildman–Crippen LogP) is 3.76. The van der Waals surface area contributed by atoms with Crippen LogP contribution in [0.5, 0.6) is 0 Å². The van der Waals surface area contributed by atoms with Gasteiger partial charge < -0.3 is 9.52 Å². The monoisotopic (exact) mass is 266 g/mol. The Hall–Kier alpha value is -1.68. The van der Waals surface area contributed by atoms with E-state index in [1.165, 1.54) is 0 Å². The Bertz CT molecular complexity index is 602. The number of rotatable bonds is 3. The molecule has 1 unspecified atom stereocenters. The molecule has 0 saturated heterocycles. The van der Waals surface area contributed by atoms with Gasteiger partial charge in [0.15, 0.2) is 0 Å². The van der Waals surface area contributed by atoms with Gasteiger partial charge >= 0.3 is 0 Å². The molecular formula is C15H16F2O2. The third kappa shape index (κ3) is 2.68. The Kier molecular flexibility index (Phi) is 3.71. The molecule has 19 heavy (non-hydrogen) atoms. The highest BCUT2D eigenvalue weighted by molar-refractivity contribution is 5.34. The first kappa shape index (κ1) is 13.7. The van der Waals surface area contributed by atoms with Crippen molar-refractivity contribution in [3.63, 3.8) is 0 Å². The van der Waals surface area contributed by atoms with Gasteiger partial charge in [0.1, 0.15) is 23.2 Å². The summed E-state index contributed by atoms with van der Waals surface area (Å²) in [7, 11) is 0. The molecule has 0 aliphatic heterocycles. The molecule has 0 aliphatic carbocycles. The number of furan rings is 1. The summed E-state index contributed by atoms with van der Waals surface area (Å²) in [5.41, 5.74) is 1.66. The van der Waals surface area contributed by atoms with Gasteiger partial charge in [0, 0.05) is 12.0 Å². The minimum atomic E-state index is -0.909. The highest BCUT2D eigenvalue weighted by atomic mass is 19.1. The quantitative estimate of drug-likeness (QED) is 0.917. The van der Waals surface area contributed by atoms with Gasteiger partial charge in [-0.3, -0.25) is 0 Å². The zero-order chi connectivity index (χ0) is 14.2. The molecule has 2 rings (SSSR count). The van der Waals surface area contributed by atoms with Gasteiger partial charge in [0.25, 0.3) is 0 Å². The van der Waals surface area contributed by atoms with Crippen LogP contribution in [0.1, 0.15) is 34.3 Å². The molecule has 1 aromatic carbocycles. The highest BCUT2D eigenvalue weighted by Gasteiger charge is 2.20. The van der Waals surface area contributed by atoms with Gasteiger partial charge in [-0.1, -0.05) is 0 Å². The number of aryl methyl sites for hydroxylation is 2. The summed E-state index contributed by atoms with van der Waals surface area (Å²) in [6.07, 6.45) is -0.890. The largest absolute Gasteiger partial charge is 0.466 e. The van der Waals surface area contributed by atoms with Crippen LogP contribution in [0.2, 0.25) is 0 Å². The Morgan fingerprint density at radius 3 is 2.42 bits per heavy atom. The van der Waals surface area contributed by atoms with Crippen LogP contribution in [-0.2, 0) is 6.42 Å². The molecule has 0 radical (unpaired) electrons. The van der Waals surface area contributed by atoms with Crippen LogP contribution >= 0.6 is 0 Å². The molecule has 1 atom stereocenters. The summed E-state index contributed by atoms with van der Waals surface area (Å²) in [5.74, 6) is 0.307. The fourth-order valence-electron chi connectivity index (χ4n) is 2.31. The number of halogens is 2. The van der Waals surface area contributed by atoms with Crippen molar-refractivity contribution >= 4 is 0 Å². The fourth-order valence-corrected chi connectivity index (χ4v) is 2.31. The Morgan fingerprint density at radius 1 is 1.16 bits per heavy atom. The maximum atomic E-state index is 13.6. The third-order valence-corrected chi connectivity index (χ3v) is 3.37. The first-order valence-corrected chi connectivity index (χ1v) is 6.08. The second kappa shape index (κ2) is 5.13. The summed E-state index contributed by atoms with van der Waals surface area (Å²) in [6, 6.07) is 3.23. The second-order valence-corrected chi connectivity index (χ2v) is 4.71. The maximum absolute atomic E-state index is 13.6. The minimum absolute atomic E-state index is 0.0181. The Morgan fingerprint density at radius 2 is 1.84 bits per heavy atom. The lowest BCUT2D eigenvalue weighted by atomic mass is 9.98. The molecule has 0 saturated carbocycles. The number of hydrogen-bond donors (Lipinski definition) is 1. The van der Waals surface area contributed by atoms with Crippen LogP contribution < -0.4 is 0 Å². The van der Waals surface area contributed by atoms with E-state index in [0.717, 1.165) is 29.5 Å². The van der Waals surface area contributed by atoms with E-state index in [-0.39, 0.29) is 12.0 Å².